The Bertz CT molecular complexity index is 893. The molecule has 7 heteroatoms. The Balaban J connectivity index is 1.83. The molecule has 1 atom stereocenters. The molecule has 2 aromatic rings. The molecule has 28 heavy (non-hydrogen) atoms. The molecule has 2 aromatic carbocycles. The van der Waals surface area contributed by atoms with Crippen LogP contribution in [0, 0.1) is 5.92 Å². The molecular formula is C21H21F3N2O2. The number of amides is 2. The van der Waals surface area contributed by atoms with Crippen LogP contribution in [-0.2, 0) is 17.5 Å². The van der Waals surface area contributed by atoms with Gasteiger partial charge in [-0.2, -0.15) is 13.2 Å². The minimum Gasteiger partial charge on any atom is -0.324 e. The summed E-state index contributed by atoms with van der Waals surface area (Å²) in [6.07, 6.45) is -4.09. The Morgan fingerprint density at radius 3 is 2.50 bits per heavy atom. The average molecular weight is 390 g/mol. The van der Waals surface area contributed by atoms with Gasteiger partial charge >= 0.3 is 6.18 Å². The zero-order chi connectivity index (χ0) is 20.5. The highest BCUT2D eigenvalue weighted by molar-refractivity contribution is 6.03. The number of fused-ring (bicyclic) bond motifs is 1. The fourth-order valence-corrected chi connectivity index (χ4v) is 3.35. The number of anilines is 1. The van der Waals surface area contributed by atoms with Gasteiger partial charge in [0.2, 0.25) is 5.91 Å². The number of carbonyl (C=O) groups is 2. The van der Waals surface area contributed by atoms with Crippen LogP contribution in [0.4, 0.5) is 18.9 Å². The van der Waals surface area contributed by atoms with E-state index in [-0.39, 0.29) is 17.5 Å². The summed E-state index contributed by atoms with van der Waals surface area (Å²) in [5.74, 6) is -0.608. The van der Waals surface area contributed by atoms with Crippen molar-refractivity contribution in [2.24, 2.45) is 5.92 Å². The first-order valence-electron chi connectivity index (χ1n) is 9.04. The van der Waals surface area contributed by atoms with Gasteiger partial charge in [-0.25, -0.2) is 0 Å². The molecule has 4 nitrogen and oxygen atoms in total. The average Bonchev–Trinajstić information content (AvgIpc) is 2.96. The quantitative estimate of drug-likeness (QED) is 0.804. The normalized spacial score (nSPS) is 14.9. The first kappa shape index (κ1) is 19.9. The van der Waals surface area contributed by atoms with Crippen LogP contribution in [0.1, 0.15) is 41.8 Å². The maximum Gasteiger partial charge on any atom is 0.416 e. The van der Waals surface area contributed by atoms with Crippen molar-refractivity contribution in [3.05, 3.63) is 65.2 Å². The number of nitrogens with zero attached hydrogens (tertiary/aromatic N) is 1. The summed E-state index contributed by atoms with van der Waals surface area (Å²) >= 11 is 0. The number of carbonyl (C=O) groups excluding carboxylic acids is 2. The molecular weight excluding hydrogens is 369 g/mol. The summed E-state index contributed by atoms with van der Waals surface area (Å²) < 4.78 is 38.8. The maximum atomic E-state index is 12.9. The van der Waals surface area contributed by atoms with Gasteiger partial charge in [0, 0.05) is 17.8 Å². The minimum atomic E-state index is -4.50. The number of benzene rings is 2. The number of hydrogen-bond acceptors (Lipinski definition) is 2. The minimum absolute atomic E-state index is 0.0535. The molecule has 0 saturated heterocycles. The molecule has 0 bridgehead atoms. The van der Waals surface area contributed by atoms with Crippen molar-refractivity contribution in [1.82, 2.24) is 4.90 Å². The fraction of sp³-hybridized carbons (Fsp3) is 0.333. The maximum absolute atomic E-state index is 12.9. The van der Waals surface area contributed by atoms with Crippen molar-refractivity contribution < 1.29 is 22.8 Å². The van der Waals surface area contributed by atoms with Crippen LogP contribution in [0.3, 0.4) is 0 Å². The molecule has 2 amide bonds. The number of nitrogens with one attached hydrogen (secondary N) is 1. The summed E-state index contributed by atoms with van der Waals surface area (Å²) in [6, 6.07) is 10.9. The lowest BCUT2D eigenvalue weighted by Crippen LogP contribution is -2.45. The lowest BCUT2D eigenvalue weighted by Gasteiger charge is -2.28. The lowest BCUT2D eigenvalue weighted by molar-refractivity contribution is -0.137. The summed E-state index contributed by atoms with van der Waals surface area (Å²) in [6.45, 7) is 4.17. The van der Waals surface area contributed by atoms with E-state index >= 15 is 0 Å². The van der Waals surface area contributed by atoms with Crippen LogP contribution in [0.2, 0.25) is 0 Å². The van der Waals surface area contributed by atoms with Gasteiger partial charge in [0.25, 0.3) is 5.91 Å². The molecule has 0 unspecified atom stereocenters. The third kappa shape index (κ3) is 4.18. The van der Waals surface area contributed by atoms with Crippen molar-refractivity contribution in [1.29, 1.82) is 0 Å². The van der Waals surface area contributed by atoms with Gasteiger partial charge in [0.15, 0.2) is 0 Å². The van der Waals surface area contributed by atoms with Crippen molar-refractivity contribution in [2.45, 2.75) is 39.0 Å². The van der Waals surface area contributed by atoms with Crippen LogP contribution in [0.5, 0.6) is 0 Å². The molecule has 1 N–H and O–H groups in total. The molecule has 148 valence electrons. The summed E-state index contributed by atoms with van der Waals surface area (Å²) in [5.41, 5.74) is 0.615. The van der Waals surface area contributed by atoms with E-state index in [9.17, 15) is 22.8 Å². The van der Waals surface area contributed by atoms with E-state index < -0.39 is 23.7 Å². The Hall–Kier alpha value is -2.83. The molecule has 1 heterocycles. The number of halogens is 3. The van der Waals surface area contributed by atoms with Gasteiger partial charge < -0.3 is 10.2 Å². The Labute approximate surface area is 161 Å². The predicted molar refractivity (Wildman–Crippen MR) is 99.6 cm³/mol. The summed E-state index contributed by atoms with van der Waals surface area (Å²) in [4.78, 5) is 27.2. The molecule has 0 saturated carbocycles. The van der Waals surface area contributed by atoms with E-state index in [2.05, 4.69) is 5.32 Å². The first-order chi connectivity index (χ1) is 13.2. The smallest absolute Gasteiger partial charge is 0.324 e. The van der Waals surface area contributed by atoms with E-state index in [1.807, 2.05) is 26.0 Å². The zero-order valence-electron chi connectivity index (χ0n) is 15.6. The topological polar surface area (TPSA) is 49.4 Å². The zero-order valence-corrected chi connectivity index (χ0v) is 15.6. The third-order valence-corrected chi connectivity index (χ3v) is 4.68. The van der Waals surface area contributed by atoms with E-state index in [1.165, 1.54) is 17.0 Å². The molecule has 0 aromatic heterocycles. The highest BCUT2D eigenvalue weighted by atomic mass is 19.4. The largest absolute Gasteiger partial charge is 0.416 e. The number of rotatable bonds is 5. The fourth-order valence-electron chi connectivity index (χ4n) is 3.35. The second-order valence-corrected chi connectivity index (χ2v) is 7.30. The van der Waals surface area contributed by atoms with Gasteiger partial charge in [-0.1, -0.05) is 38.1 Å². The monoisotopic (exact) mass is 390 g/mol. The van der Waals surface area contributed by atoms with Gasteiger partial charge in [-0.15, -0.1) is 0 Å². The van der Waals surface area contributed by atoms with Gasteiger partial charge in [-0.05, 0) is 42.2 Å². The number of hydrogen-bond donors (Lipinski definition) is 1. The summed E-state index contributed by atoms with van der Waals surface area (Å²) in [5, 5.41) is 2.55. The molecule has 1 aliphatic heterocycles. The van der Waals surface area contributed by atoms with Gasteiger partial charge in [0.05, 0.1) is 5.56 Å². The molecule has 0 aliphatic carbocycles. The Morgan fingerprint density at radius 1 is 1.14 bits per heavy atom. The second-order valence-electron chi connectivity index (χ2n) is 7.30. The highest BCUT2D eigenvalue weighted by Gasteiger charge is 2.37. The molecule has 0 spiro atoms. The van der Waals surface area contributed by atoms with E-state index in [1.54, 1.807) is 12.1 Å². The van der Waals surface area contributed by atoms with Crippen molar-refractivity contribution in [2.75, 3.05) is 5.32 Å². The molecule has 3 rings (SSSR count). The van der Waals surface area contributed by atoms with Crippen LogP contribution in [0.15, 0.2) is 48.5 Å². The molecule has 1 aliphatic rings. The van der Waals surface area contributed by atoms with Gasteiger partial charge in [0.1, 0.15) is 6.04 Å². The van der Waals surface area contributed by atoms with Crippen molar-refractivity contribution in [3.8, 4) is 0 Å². The second kappa shape index (κ2) is 7.66. The van der Waals surface area contributed by atoms with E-state index in [4.69, 9.17) is 0 Å². The standard InChI is InChI=1S/C21H21F3N2O2/c1-13(2)10-18(26-12-14-6-3-4-9-17(14)20(26)28)19(27)25-16-8-5-7-15(11-16)21(22,23)24/h3-9,11,13,18H,10,12H2,1-2H3,(H,25,27)/t18-/m0/s1. The van der Waals surface area contributed by atoms with Gasteiger partial charge in [-0.3, -0.25) is 9.59 Å². The van der Waals surface area contributed by atoms with Crippen LogP contribution < -0.4 is 5.32 Å². The Kier molecular flexibility index (Phi) is 5.45. The van der Waals surface area contributed by atoms with Crippen LogP contribution >= 0.6 is 0 Å². The predicted octanol–water partition coefficient (Wildman–Crippen LogP) is 4.71. The molecule has 0 fully saturated rings. The Morgan fingerprint density at radius 2 is 1.86 bits per heavy atom. The van der Waals surface area contributed by atoms with E-state index in [0.717, 1.165) is 17.7 Å². The molecule has 0 radical (unpaired) electrons. The van der Waals surface area contributed by atoms with Crippen LogP contribution in [-0.4, -0.2) is 22.8 Å². The summed E-state index contributed by atoms with van der Waals surface area (Å²) in [7, 11) is 0. The lowest BCUT2D eigenvalue weighted by atomic mass is 10.0. The SMILES string of the molecule is CC(C)C[C@@H](C(=O)Nc1cccc(C(F)(F)F)c1)N1Cc2ccccc2C1=O. The van der Waals surface area contributed by atoms with E-state index in [0.29, 0.717) is 18.5 Å². The number of alkyl halides is 3. The highest BCUT2D eigenvalue weighted by Crippen LogP contribution is 2.31. The van der Waals surface area contributed by atoms with Crippen molar-refractivity contribution >= 4 is 17.5 Å². The van der Waals surface area contributed by atoms with Crippen molar-refractivity contribution in [3.63, 3.8) is 0 Å². The third-order valence-electron chi connectivity index (χ3n) is 4.68. The van der Waals surface area contributed by atoms with Crippen LogP contribution in [0.25, 0.3) is 0 Å². The first-order valence-corrected chi connectivity index (χ1v) is 9.04.